The molecule has 1 aromatic heterocycles. The minimum atomic E-state index is -4.53. The van der Waals surface area contributed by atoms with Crippen molar-refractivity contribution in [3.05, 3.63) is 54.1 Å². The highest BCUT2D eigenvalue weighted by molar-refractivity contribution is 5.94. The Bertz CT molecular complexity index is 1050. The number of halogens is 3. The predicted molar refractivity (Wildman–Crippen MR) is 106 cm³/mol. The first-order valence-corrected chi connectivity index (χ1v) is 9.57. The van der Waals surface area contributed by atoms with Gasteiger partial charge in [0.25, 0.3) is 0 Å². The highest BCUT2D eigenvalue weighted by atomic mass is 19.4. The summed E-state index contributed by atoms with van der Waals surface area (Å²) < 4.78 is 44.9. The summed E-state index contributed by atoms with van der Waals surface area (Å²) in [4.78, 5) is 15.5. The summed E-state index contributed by atoms with van der Waals surface area (Å²) in [6.07, 6.45) is -4.53. The number of hydrogen-bond donors (Lipinski definition) is 1. The van der Waals surface area contributed by atoms with E-state index >= 15 is 0 Å². The number of tetrazole rings is 1. The highest BCUT2D eigenvalue weighted by Gasteiger charge is 2.32. The van der Waals surface area contributed by atoms with Gasteiger partial charge in [0.2, 0.25) is 11.7 Å². The second kappa shape index (κ2) is 8.72. The molecule has 1 aliphatic heterocycles. The van der Waals surface area contributed by atoms with E-state index in [1.165, 1.54) is 6.07 Å². The van der Waals surface area contributed by atoms with Crippen LogP contribution in [0.15, 0.2) is 48.5 Å². The van der Waals surface area contributed by atoms with Gasteiger partial charge in [-0.15, -0.1) is 10.2 Å². The van der Waals surface area contributed by atoms with E-state index in [-0.39, 0.29) is 12.2 Å². The number of hydrogen-bond acceptors (Lipinski definition) is 6. The zero-order valence-corrected chi connectivity index (χ0v) is 16.3. The average Bonchev–Trinajstić information content (AvgIpc) is 3.22. The zero-order valence-electron chi connectivity index (χ0n) is 16.3. The third kappa shape index (κ3) is 5.00. The van der Waals surface area contributed by atoms with Gasteiger partial charge in [0.05, 0.1) is 30.2 Å². The van der Waals surface area contributed by atoms with Gasteiger partial charge in [0.1, 0.15) is 6.54 Å². The number of alkyl halides is 3. The second-order valence-electron chi connectivity index (χ2n) is 6.89. The van der Waals surface area contributed by atoms with Crippen LogP contribution in [0.25, 0.3) is 11.4 Å². The number of carbonyl (C=O) groups excluding carboxylic acids is 1. The molecular weight excluding hydrogens is 413 g/mol. The van der Waals surface area contributed by atoms with Gasteiger partial charge in [-0.2, -0.15) is 18.0 Å². The molecule has 0 radical (unpaired) electrons. The lowest BCUT2D eigenvalue weighted by molar-refractivity contribution is -0.137. The average molecular weight is 432 g/mol. The topological polar surface area (TPSA) is 85.2 Å². The Balaban J connectivity index is 1.53. The number of ether oxygens (including phenoxy) is 1. The van der Waals surface area contributed by atoms with Gasteiger partial charge < -0.3 is 15.0 Å². The SMILES string of the molecule is O=C(Cn1nnc(-c2ccccc2)n1)Nc1cc(C(F)(F)F)ccc1N1CCOCC1. The fourth-order valence-electron chi connectivity index (χ4n) is 3.22. The van der Waals surface area contributed by atoms with Crippen molar-refractivity contribution < 1.29 is 22.7 Å². The molecule has 0 saturated carbocycles. The maximum atomic E-state index is 13.2. The van der Waals surface area contributed by atoms with Crippen LogP contribution in [-0.2, 0) is 22.3 Å². The van der Waals surface area contributed by atoms with Crippen LogP contribution in [-0.4, -0.2) is 52.4 Å². The molecule has 1 N–H and O–H groups in total. The van der Waals surface area contributed by atoms with Gasteiger partial charge in [-0.1, -0.05) is 30.3 Å². The number of benzene rings is 2. The Morgan fingerprint density at radius 3 is 2.55 bits per heavy atom. The smallest absolute Gasteiger partial charge is 0.378 e. The van der Waals surface area contributed by atoms with Crippen LogP contribution in [0.4, 0.5) is 24.5 Å². The molecule has 0 atom stereocenters. The lowest BCUT2D eigenvalue weighted by atomic mass is 10.1. The minimum absolute atomic E-state index is 0.0742. The summed E-state index contributed by atoms with van der Waals surface area (Å²) in [5, 5.41) is 14.5. The van der Waals surface area contributed by atoms with Crippen molar-refractivity contribution in [1.29, 1.82) is 0 Å². The normalized spacial score (nSPS) is 14.5. The van der Waals surface area contributed by atoms with Gasteiger partial charge in [0, 0.05) is 18.7 Å². The van der Waals surface area contributed by atoms with Gasteiger partial charge in [-0.25, -0.2) is 0 Å². The molecule has 4 rings (SSSR count). The van der Waals surface area contributed by atoms with E-state index < -0.39 is 17.6 Å². The summed E-state index contributed by atoms with van der Waals surface area (Å²) in [6, 6.07) is 12.4. The maximum absolute atomic E-state index is 13.2. The Labute approximate surface area is 175 Å². The van der Waals surface area contributed by atoms with Crippen molar-refractivity contribution in [3.8, 4) is 11.4 Å². The van der Waals surface area contributed by atoms with Gasteiger partial charge in [-0.3, -0.25) is 4.79 Å². The third-order valence-corrected chi connectivity index (χ3v) is 4.72. The zero-order chi connectivity index (χ0) is 21.8. The molecule has 1 aliphatic rings. The van der Waals surface area contributed by atoms with Crippen LogP contribution in [0.1, 0.15) is 5.56 Å². The number of morpholine rings is 1. The first kappa shape index (κ1) is 20.8. The Hall–Kier alpha value is -3.47. The third-order valence-electron chi connectivity index (χ3n) is 4.72. The molecule has 1 saturated heterocycles. The number of amides is 1. The molecule has 0 aliphatic carbocycles. The van der Waals surface area contributed by atoms with E-state index in [9.17, 15) is 18.0 Å². The van der Waals surface area contributed by atoms with Gasteiger partial charge in [0.15, 0.2) is 0 Å². The molecule has 31 heavy (non-hydrogen) atoms. The van der Waals surface area contributed by atoms with E-state index in [2.05, 4.69) is 20.7 Å². The molecule has 162 valence electrons. The summed E-state index contributed by atoms with van der Waals surface area (Å²) >= 11 is 0. The van der Waals surface area contributed by atoms with Crippen LogP contribution in [0.5, 0.6) is 0 Å². The molecule has 0 spiro atoms. The first-order valence-electron chi connectivity index (χ1n) is 9.57. The van der Waals surface area contributed by atoms with Crippen LogP contribution in [0, 0.1) is 0 Å². The molecule has 0 bridgehead atoms. The number of rotatable bonds is 5. The number of aromatic nitrogens is 4. The van der Waals surface area contributed by atoms with E-state index in [1.54, 1.807) is 12.1 Å². The fourth-order valence-corrected chi connectivity index (χ4v) is 3.22. The van der Waals surface area contributed by atoms with E-state index in [0.717, 1.165) is 22.5 Å². The number of carbonyl (C=O) groups is 1. The van der Waals surface area contributed by atoms with Crippen LogP contribution in [0.2, 0.25) is 0 Å². The molecular formula is C20H19F3N6O2. The quantitative estimate of drug-likeness (QED) is 0.668. The summed E-state index contributed by atoms with van der Waals surface area (Å²) in [5.74, 6) is -0.215. The molecule has 0 unspecified atom stereocenters. The van der Waals surface area contributed by atoms with Crippen molar-refractivity contribution in [2.75, 3.05) is 36.5 Å². The summed E-state index contributed by atoms with van der Waals surface area (Å²) in [5.41, 5.74) is 0.470. The highest BCUT2D eigenvalue weighted by Crippen LogP contribution is 2.35. The Kier molecular flexibility index (Phi) is 5.85. The monoisotopic (exact) mass is 432 g/mol. The van der Waals surface area contributed by atoms with Gasteiger partial charge >= 0.3 is 6.18 Å². The van der Waals surface area contributed by atoms with E-state index in [1.807, 2.05) is 23.1 Å². The lowest BCUT2D eigenvalue weighted by Gasteiger charge is -2.31. The molecule has 8 nitrogen and oxygen atoms in total. The van der Waals surface area contributed by atoms with E-state index in [4.69, 9.17) is 4.74 Å². The van der Waals surface area contributed by atoms with Crippen molar-refractivity contribution in [2.45, 2.75) is 12.7 Å². The molecule has 2 aromatic carbocycles. The summed E-state index contributed by atoms with van der Waals surface area (Å²) in [6.45, 7) is 1.65. The van der Waals surface area contributed by atoms with Crippen LogP contribution < -0.4 is 10.2 Å². The largest absolute Gasteiger partial charge is 0.416 e. The minimum Gasteiger partial charge on any atom is -0.378 e. The second-order valence-corrected chi connectivity index (χ2v) is 6.89. The van der Waals surface area contributed by atoms with Crippen molar-refractivity contribution in [2.24, 2.45) is 0 Å². The molecule has 2 heterocycles. The number of nitrogens with one attached hydrogen (secondary N) is 1. The molecule has 11 heteroatoms. The standard InChI is InChI=1S/C20H19F3N6O2/c21-20(22,23)15-6-7-17(28-8-10-31-11-9-28)16(12-15)24-18(30)13-29-26-19(25-27-29)14-4-2-1-3-5-14/h1-7,12H,8-11,13H2,(H,24,30). The molecule has 3 aromatic rings. The molecule has 1 fully saturated rings. The number of anilines is 2. The Morgan fingerprint density at radius 1 is 1.10 bits per heavy atom. The van der Waals surface area contributed by atoms with E-state index in [0.29, 0.717) is 37.8 Å². The maximum Gasteiger partial charge on any atom is 0.416 e. The molecule has 1 amide bonds. The first-order chi connectivity index (χ1) is 14.9. The van der Waals surface area contributed by atoms with Crippen LogP contribution in [0.3, 0.4) is 0 Å². The van der Waals surface area contributed by atoms with Gasteiger partial charge in [-0.05, 0) is 23.4 Å². The fraction of sp³-hybridized carbons (Fsp3) is 0.300. The summed E-state index contributed by atoms with van der Waals surface area (Å²) in [7, 11) is 0. The van der Waals surface area contributed by atoms with Crippen LogP contribution >= 0.6 is 0 Å². The number of nitrogens with zero attached hydrogens (tertiary/aromatic N) is 5. The lowest BCUT2D eigenvalue weighted by Crippen LogP contribution is -2.37. The predicted octanol–water partition coefficient (Wildman–Crippen LogP) is 2.83. The van der Waals surface area contributed by atoms with Crippen molar-refractivity contribution >= 4 is 17.3 Å². The van der Waals surface area contributed by atoms with Crippen molar-refractivity contribution in [3.63, 3.8) is 0 Å². The van der Waals surface area contributed by atoms with Crippen molar-refractivity contribution in [1.82, 2.24) is 20.2 Å². The Morgan fingerprint density at radius 2 is 1.84 bits per heavy atom.